The maximum atomic E-state index is 12.6. The van der Waals surface area contributed by atoms with Crippen LogP contribution in [0.25, 0.3) is 5.13 Å². The number of benzene rings is 1. The predicted molar refractivity (Wildman–Crippen MR) is 110 cm³/mol. The first-order valence-corrected chi connectivity index (χ1v) is 11.5. The number of aromatic nitrogens is 2. The lowest BCUT2D eigenvalue weighted by Gasteiger charge is -2.08. The van der Waals surface area contributed by atoms with Gasteiger partial charge in [-0.3, -0.25) is 9.36 Å². The minimum absolute atomic E-state index is 0.0387. The maximum Gasteiger partial charge on any atom is 0.340 e. The molecule has 1 aromatic carbocycles. The molecule has 0 amide bonds. The molecule has 0 aliphatic heterocycles. The topological polar surface area (TPSA) is 95.3 Å². The number of carbonyl (C=O) groups is 2. The summed E-state index contributed by atoms with van der Waals surface area (Å²) in [5.41, 5.74) is 1.82. The number of ether oxygens (including phenoxy) is 1. The summed E-state index contributed by atoms with van der Waals surface area (Å²) in [4.78, 5) is 29.2. The summed E-state index contributed by atoms with van der Waals surface area (Å²) in [6.45, 7) is 3.14. The monoisotopic (exact) mass is 452 g/mol. The van der Waals surface area contributed by atoms with Gasteiger partial charge < -0.3 is 4.74 Å². The van der Waals surface area contributed by atoms with E-state index in [1.165, 1.54) is 23.5 Å². The Morgan fingerprint density at radius 3 is 2.55 bits per heavy atom. The van der Waals surface area contributed by atoms with Crippen LogP contribution in [-0.4, -0.2) is 42.6 Å². The Bertz CT molecular complexity index is 1200. The van der Waals surface area contributed by atoms with E-state index >= 15 is 0 Å². The molecule has 0 unspecified atom stereocenters. The standard InChI is InChI=1S/C19H17ClN2O5S2/c1-11-8-14(12(2)22(11)19-21-6-7-28-19)17(23)10-27-18(24)15-9-13(29(3,25)26)4-5-16(15)20/h4-9H,10H2,1-3H3. The number of hydrogen-bond donors (Lipinski definition) is 0. The van der Waals surface area contributed by atoms with Gasteiger partial charge in [-0.05, 0) is 38.1 Å². The zero-order valence-corrected chi connectivity index (χ0v) is 18.2. The van der Waals surface area contributed by atoms with E-state index in [4.69, 9.17) is 16.3 Å². The number of esters is 1. The first-order chi connectivity index (χ1) is 13.6. The van der Waals surface area contributed by atoms with Crippen LogP contribution in [0, 0.1) is 13.8 Å². The van der Waals surface area contributed by atoms with Crippen molar-refractivity contribution >= 4 is 44.5 Å². The number of Topliss-reactive ketones (excluding diaryl/α,β-unsaturated/α-hetero) is 1. The van der Waals surface area contributed by atoms with Gasteiger partial charge >= 0.3 is 5.97 Å². The molecule has 7 nitrogen and oxygen atoms in total. The first kappa shape index (κ1) is 21.2. The molecule has 0 N–H and O–H groups in total. The second kappa shape index (κ2) is 8.10. The van der Waals surface area contributed by atoms with Crippen LogP contribution in [0.3, 0.4) is 0 Å². The van der Waals surface area contributed by atoms with Crippen LogP contribution in [0.2, 0.25) is 5.02 Å². The Kier molecular flexibility index (Phi) is 5.92. The number of ketones is 1. The SMILES string of the molecule is Cc1cc(C(=O)COC(=O)c2cc(S(C)(=O)=O)ccc2Cl)c(C)n1-c1nccs1. The normalized spacial score (nSPS) is 11.4. The Balaban J connectivity index is 1.78. The Morgan fingerprint density at radius 2 is 1.93 bits per heavy atom. The first-order valence-electron chi connectivity index (χ1n) is 8.38. The van der Waals surface area contributed by atoms with Crippen LogP contribution in [0.5, 0.6) is 0 Å². The molecule has 2 heterocycles. The largest absolute Gasteiger partial charge is 0.454 e. The van der Waals surface area contributed by atoms with Crippen molar-refractivity contribution in [2.75, 3.05) is 12.9 Å². The van der Waals surface area contributed by atoms with E-state index in [9.17, 15) is 18.0 Å². The second-order valence-electron chi connectivity index (χ2n) is 6.35. The number of hydrogen-bond acceptors (Lipinski definition) is 7. The Morgan fingerprint density at radius 1 is 1.21 bits per heavy atom. The Hall–Kier alpha value is -2.49. The smallest absolute Gasteiger partial charge is 0.340 e. The summed E-state index contributed by atoms with van der Waals surface area (Å²) in [7, 11) is -3.52. The third-order valence-corrected chi connectivity index (χ3v) is 6.46. The molecule has 0 aliphatic rings. The van der Waals surface area contributed by atoms with Crippen molar-refractivity contribution in [3.63, 3.8) is 0 Å². The molecule has 0 fully saturated rings. The van der Waals surface area contributed by atoms with Crippen LogP contribution in [0.1, 0.15) is 32.1 Å². The van der Waals surface area contributed by atoms with E-state index in [0.717, 1.165) is 23.1 Å². The molecule has 0 aliphatic carbocycles. The third kappa shape index (κ3) is 4.42. The molecule has 2 aromatic heterocycles. The fraction of sp³-hybridized carbons (Fsp3) is 0.211. The number of nitrogens with zero attached hydrogens (tertiary/aromatic N) is 2. The Labute approximate surface area is 176 Å². The number of carbonyl (C=O) groups excluding carboxylic acids is 2. The van der Waals surface area contributed by atoms with Crippen LogP contribution in [-0.2, 0) is 14.6 Å². The zero-order chi connectivity index (χ0) is 21.3. The number of halogens is 1. The van der Waals surface area contributed by atoms with Crippen molar-refractivity contribution in [1.29, 1.82) is 0 Å². The highest BCUT2D eigenvalue weighted by atomic mass is 35.5. The minimum atomic E-state index is -3.52. The summed E-state index contributed by atoms with van der Waals surface area (Å²) in [5.74, 6) is -1.26. The van der Waals surface area contributed by atoms with Gasteiger partial charge in [-0.1, -0.05) is 11.6 Å². The molecule has 3 rings (SSSR count). The number of sulfone groups is 1. The van der Waals surface area contributed by atoms with E-state index in [1.807, 2.05) is 16.9 Å². The fourth-order valence-electron chi connectivity index (χ4n) is 2.84. The lowest BCUT2D eigenvalue weighted by molar-refractivity contribution is 0.0474. The molecule has 29 heavy (non-hydrogen) atoms. The second-order valence-corrected chi connectivity index (χ2v) is 9.64. The highest BCUT2D eigenvalue weighted by Gasteiger charge is 2.21. The molecule has 0 atom stereocenters. The van der Waals surface area contributed by atoms with E-state index in [0.29, 0.717) is 11.3 Å². The quantitative estimate of drug-likeness (QED) is 0.418. The fourth-order valence-corrected chi connectivity index (χ4v) is 4.44. The molecule has 0 radical (unpaired) electrons. The summed E-state index contributed by atoms with van der Waals surface area (Å²) in [5, 5.41) is 2.61. The van der Waals surface area contributed by atoms with Crippen molar-refractivity contribution in [2.24, 2.45) is 0 Å². The van der Waals surface area contributed by atoms with Crippen molar-refractivity contribution in [1.82, 2.24) is 9.55 Å². The van der Waals surface area contributed by atoms with Crippen molar-refractivity contribution < 1.29 is 22.7 Å². The lowest BCUT2D eigenvalue weighted by atomic mass is 10.1. The number of rotatable bonds is 6. The molecule has 152 valence electrons. The molecular weight excluding hydrogens is 436 g/mol. The summed E-state index contributed by atoms with van der Waals surface area (Å²) in [6.07, 6.45) is 2.70. The highest BCUT2D eigenvalue weighted by Crippen LogP contribution is 2.24. The number of thiazole rings is 1. The summed E-state index contributed by atoms with van der Waals surface area (Å²) in [6, 6.07) is 5.45. The van der Waals surface area contributed by atoms with Gasteiger partial charge in [0, 0.05) is 34.8 Å². The zero-order valence-electron chi connectivity index (χ0n) is 15.8. The van der Waals surface area contributed by atoms with Gasteiger partial charge in [0.05, 0.1) is 15.5 Å². The predicted octanol–water partition coefficient (Wildman–Crippen LogP) is 3.65. The van der Waals surface area contributed by atoms with Crippen molar-refractivity contribution in [3.8, 4) is 5.13 Å². The van der Waals surface area contributed by atoms with Crippen LogP contribution >= 0.6 is 22.9 Å². The molecule has 10 heteroatoms. The molecule has 3 aromatic rings. The van der Waals surface area contributed by atoms with Gasteiger partial charge in [-0.15, -0.1) is 11.3 Å². The number of aryl methyl sites for hydroxylation is 1. The van der Waals surface area contributed by atoms with E-state index in [2.05, 4.69) is 4.98 Å². The van der Waals surface area contributed by atoms with Gasteiger partial charge in [0.2, 0.25) is 5.78 Å². The van der Waals surface area contributed by atoms with Gasteiger partial charge in [0.1, 0.15) is 0 Å². The van der Waals surface area contributed by atoms with Crippen LogP contribution < -0.4 is 0 Å². The van der Waals surface area contributed by atoms with Crippen LogP contribution in [0.4, 0.5) is 0 Å². The molecule has 0 bridgehead atoms. The van der Waals surface area contributed by atoms with E-state index in [1.54, 1.807) is 19.2 Å². The van der Waals surface area contributed by atoms with E-state index in [-0.39, 0.29) is 21.3 Å². The van der Waals surface area contributed by atoms with Gasteiger partial charge in [-0.2, -0.15) is 0 Å². The van der Waals surface area contributed by atoms with Gasteiger partial charge in [0.15, 0.2) is 21.6 Å². The third-order valence-electron chi connectivity index (χ3n) is 4.26. The van der Waals surface area contributed by atoms with Gasteiger partial charge in [0.25, 0.3) is 0 Å². The molecule has 0 saturated carbocycles. The molecule has 0 saturated heterocycles. The highest BCUT2D eigenvalue weighted by molar-refractivity contribution is 7.90. The minimum Gasteiger partial charge on any atom is -0.454 e. The summed E-state index contributed by atoms with van der Waals surface area (Å²) >= 11 is 7.43. The summed E-state index contributed by atoms with van der Waals surface area (Å²) < 4.78 is 30.3. The van der Waals surface area contributed by atoms with Crippen LogP contribution in [0.15, 0.2) is 40.7 Å². The lowest BCUT2D eigenvalue weighted by Crippen LogP contribution is -2.15. The van der Waals surface area contributed by atoms with Crippen molar-refractivity contribution in [2.45, 2.75) is 18.7 Å². The van der Waals surface area contributed by atoms with Crippen molar-refractivity contribution in [3.05, 3.63) is 63.4 Å². The molecular formula is C19H17ClN2O5S2. The average Bonchev–Trinajstić information content (AvgIpc) is 3.26. The van der Waals surface area contributed by atoms with Gasteiger partial charge in [-0.25, -0.2) is 18.2 Å². The average molecular weight is 453 g/mol. The maximum absolute atomic E-state index is 12.6. The molecule has 0 spiro atoms. The van der Waals surface area contributed by atoms with E-state index < -0.39 is 22.4 Å².